The molecule has 0 unspecified atom stereocenters. The fraction of sp³-hybridized carbons (Fsp3) is 0.861. The summed E-state index contributed by atoms with van der Waals surface area (Å²) in [6.45, 7) is 5.46. The molecule has 3 heteroatoms. The van der Waals surface area contributed by atoms with E-state index in [1.807, 2.05) is 0 Å². The largest absolute Gasteiger partial charge is 0.459 e. The minimum atomic E-state index is -0.217. The van der Waals surface area contributed by atoms with Crippen molar-refractivity contribution >= 4 is 5.97 Å². The summed E-state index contributed by atoms with van der Waals surface area (Å²) < 4.78 is 5.60. The first-order valence-corrected chi connectivity index (χ1v) is 17.4. The molecule has 3 nitrogen and oxygen atoms in total. The zero-order valence-electron chi connectivity index (χ0n) is 25.3. The van der Waals surface area contributed by atoms with Gasteiger partial charge in [0.15, 0.2) is 0 Å². The van der Waals surface area contributed by atoms with Crippen LogP contribution in [0.15, 0.2) is 24.3 Å². The summed E-state index contributed by atoms with van der Waals surface area (Å²) in [4.78, 5) is 15.0. The Hall–Kier alpha value is -1.09. The molecule has 0 aliphatic heterocycles. The van der Waals surface area contributed by atoms with E-state index in [1.165, 1.54) is 116 Å². The highest BCUT2D eigenvalue weighted by molar-refractivity contribution is 5.87. The van der Waals surface area contributed by atoms with Crippen LogP contribution in [0.5, 0.6) is 0 Å². The summed E-state index contributed by atoms with van der Waals surface area (Å²) in [5.41, 5.74) is 0.516. The van der Waals surface area contributed by atoms with Gasteiger partial charge in [0.25, 0.3) is 0 Å². The lowest BCUT2D eigenvalue weighted by atomic mass is 9.71. The third-order valence-corrected chi connectivity index (χ3v) is 11.6. The van der Waals surface area contributed by atoms with Crippen molar-refractivity contribution in [2.24, 2.45) is 23.7 Å². The van der Waals surface area contributed by atoms with Crippen LogP contribution in [0.3, 0.4) is 0 Å². The van der Waals surface area contributed by atoms with Gasteiger partial charge in [-0.2, -0.15) is 0 Å². The summed E-state index contributed by atoms with van der Waals surface area (Å²) in [7, 11) is 0. The molecule has 0 aromatic heterocycles. The van der Waals surface area contributed by atoms with Crippen molar-refractivity contribution in [1.29, 1.82) is 0 Å². The molecular formula is C36H59NO2. The number of hydrogen-bond donors (Lipinski definition) is 0. The van der Waals surface area contributed by atoms with E-state index >= 15 is 0 Å². The highest BCUT2D eigenvalue weighted by atomic mass is 16.5. The second-order valence-electron chi connectivity index (χ2n) is 14.4. The van der Waals surface area contributed by atoms with E-state index in [9.17, 15) is 4.79 Å². The quantitative estimate of drug-likeness (QED) is 0.175. The van der Waals surface area contributed by atoms with Crippen LogP contribution < -0.4 is 0 Å². The molecule has 5 fully saturated rings. The second-order valence-corrected chi connectivity index (χ2v) is 14.4. The van der Waals surface area contributed by atoms with Gasteiger partial charge in [0.1, 0.15) is 6.10 Å². The molecule has 5 aliphatic rings. The molecule has 0 heterocycles. The van der Waals surface area contributed by atoms with Gasteiger partial charge >= 0.3 is 5.97 Å². The van der Waals surface area contributed by atoms with Crippen LogP contribution in [0.1, 0.15) is 148 Å². The number of esters is 1. The number of rotatable bonds is 8. The van der Waals surface area contributed by atoms with Crippen molar-refractivity contribution in [3.05, 3.63) is 24.3 Å². The summed E-state index contributed by atoms with van der Waals surface area (Å²) >= 11 is 0. The lowest BCUT2D eigenvalue weighted by Gasteiger charge is -2.49. The average Bonchev–Trinajstić information content (AvgIpc) is 2.99. The molecule has 0 radical (unpaired) electrons. The predicted molar refractivity (Wildman–Crippen MR) is 163 cm³/mol. The molecule has 0 atom stereocenters. The Morgan fingerprint density at radius 1 is 0.590 bits per heavy atom. The first kappa shape index (κ1) is 29.4. The SMILES string of the molecule is C=C(C)C(=O)OC1CCC(C=CC2CCC(N(C3CCCCC3)C3CCC(C4CCCCC4)CC3)CC2)CC1. The van der Waals surface area contributed by atoms with Crippen LogP contribution in [0.25, 0.3) is 0 Å². The van der Waals surface area contributed by atoms with Gasteiger partial charge in [-0.3, -0.25) is 4.90 Å². The lowest BCUT2D eigenvalue weighted by molar-refractivity contribution is -0.145. The van der Waals surface area contributed by atoms with Crippen molar-refractivity contribution in [3.8, 4) is 0 Å². The van der Waals surface area contributed by atoms with E-state index in [0.29, 0.717) is 11.5 Å². The monoisotopic (exact) mass is 537 g/mol. The highest BCUT2D eigenvalue weighted by Crippen LogP contribution is 2.43. The van der Waals surface area contributed by atoms with E-state index in [0.717, 1.165) is 61.6 Å². The summed E-state index contributed by atoms with van der Waals surface area (Å²) in [5.74, 6) is 3.33. The Balaban J connectivity index is 1.09. The number of carbonyl (C=O) groups excluding carboxylic acids is 1. The smallest absolute Gasteiger partial charge is 0.333 e. The fourth-order valence-electron chi connectivity index (χ4n) is 9.31. The maximum absolute atomic E-state index is 11.8. The zero-order chi connectivity index (χ0) is 27.0. The first-order valence-electron chi connectivity index (χ1n) is 17.4. The van der Waals surface area contributed by atoms with Crippen LogP contribution >= 0.6 is 0 Å². The van der Waals surface area contributed by atoms with Crippen molar-refractivity contribution in [2.75, 3.05) is 0 Å². The summed E-state index contributed by atoms with van der Waals surface area (Å²) in [6.07, 6.45) is 36.0. The minimum absolute atomic E-state index is 0.0952. The van der Waals surface area contributed by atoms with E-state index < -0.39 is 0 Å². The van der Waals surface area contributed by atoms with Crippen LogP contribution in [0.4, 0.5) is 0 Å². The standard InChI is InChI=1S/C36H59NO2/c1-27(2)36(38)39-35-25-17-29(18-26-35)14-13-28-15-21-33(22-16-28)37(32-11-7-4-8-12-32)34-23-19-31(20-24-34)30-9-5-3-6-10-30/h13-14,28-35H,1,3-12,15-26H2,2H3. The third-order valence-electron chi connectivity index (χ3n) is 11.6. The maximum atomic E-state index is 11.8. The van der Waals surface area contributed by atoms with Crippen LogP contribution in [-0.2, 0) is 9.53 Å². The van der Waals surface area contributed by atoms with Crippen molar-refractivity contribution in [3.63, 3.8) is 0 Å². The Labute approximate surface area is 240 Å². The number of hydrogen-bond acceptors (Lipinski definition) is 3. The molecule has 220 valence electrons. The van der Waals surface area contributed by atoms with Gasteiger partial charge in [-0.1, -0.05) is 70.1 Å². The van der Waals surface area contributed by atoms with Crippen molar-refractivity contribution < 1.29 is 9.53 Å². The van der Waals surface area contributed by atoms with Gasteiger partial charge < -0.3 is 4.74 Å². The van der Waals surface area contributed by atoms with Gasteiger partial charge in [-0.25, -0.2) is 4.79 Å². The Morgan fingerprint density at radius 3 is 1.56 bits per heavy atom. The predicted octanol–water partition coefficient (Wildman–Crippen LogP) is 9.55. The zero-order valence-corrected chi connectivity index (χ0v) is 25.3. The minimum Gasteiger partial charge on any atom is -0.459 e. The molecule has 0 aromatic rings. The summed E-state index contributed by atoms with van der Waals surface area (Å²) in [6, 6.07) is 2.59. The van der Waals surface area contributed by atoms with Crippen LogP contribution in [0, 0.1) is 23.7 Å². The second kappa shape index (κ2) is 14.7. The van der Waals surface area contributed by atoms with E-state index in [-0.39, 0.29) is 12.1 Å². The Bertz CT molecular complexity index is 783. The highest BCUT2D eigenvalue weighted by Gasteiger charge is 2.38. The molecule has 0 saturated heterocycles. The number of allylic oxidation sites excluding steroid dienone is 2. The van der Waals surface area contributed by atoms with Crippen LogP contribution in [0.2, 0.25) is 0 Å². The molecule has 39 heavy (non-hydrogen) atoms. The molecule has 0 amide bonds. The lowest BCUT2D eigenvalue weighted by Crippen LogP contribution is -2.52. The molecule has 5 aliphatic carbocycles. The topological polar surface area (TPSA) is 29.5 Å². The molecule has 0 N–H and O–H groups in total. The molecular weight excluding hydrogens is 478 g/mol. The maximum Gasteiger partial charge on any atom is 0.333 e. The van der Waals surface area contributed by atoms with Gasteiger partial charge in [0.2, 0.25) is 0 Å². The third kappa shape index (κ3) is 8.23. The molecule has 0 bridgehead atoms. The van der Waals surface area contributed by atoms with Gasteiger partial charge in [0.05, 0.1) is 0 Å². The molecule has 0 aromatic carbocycles. The Morgan fingerprint density at radius 2 is 1.03 bits per heavy atom. The van der Waals surface area contributed by atoms with E-state index in [2.05, 4.69) is 23.6 Å². The number of nitrogens with zero attached hydrogens (tertiary/aromatic N) is 1. The molecule has 5 rings (SSSR count). The van der Waals surface area contributed by atoms with Crippen LogP contribution in [-0.4, -0.2) is 35.1 Å². The van der Waals surface area contributed by atoms with E-state index in [1.54, 1.807) is 6.92 Å². The van der Waals surface area contributed by atoms with Gasteiger partial charge in [0, 0.05) is 23.7 Å². The first-order chi connectivity index (χ1) is 19.1. The van der Waals surface area contributed by atoms with Crippen molar-refractivity contribution in [1.82, 2.24) is 4.90 Å². The van der Waals surface area contributed by atoms with Gasteiger partial charge in [-0.05, 0) is 120 Å². The molecule has 5 saturated carbocycles. The van der Waals surface area contributed by atoms with Crippen molar-refractivity contribution in [2.45, 2.75) is 172 Å². The fourth-order valence-corrected chi connectivity index (χ4v) is 9.31. The summed E-state index contributed by atoms with van der Waals surface area (Å²) in [5, 5.41) is 0. The number of ether oxygens (including phenoxy) is 1. The average molecular weight is 538 g/mol. The molecule has 0 spiro atoms. The normalized spacial score (nSPS) is 35.7. The number of carbonyl (C=O) groups is 1. The Kier molecular flexibility index (Phi) is 11.1. The van der Waals surface area contributed by atoms with Gasteiger partial charge in [-0.15, -0.1) is 0 Å². The van der Waals surface area contributed by atoms with E-state index in [4.69, 9.17) is 4.74 Å².